The molecule has 0 bridgehead atoms. The van der Waals surface area contributed by atoms with Gasteiger partial charge in [-0.1, -0.05) is 12.1 Å². The first-order chi connectivity index (χ1) is 10.0. The predicted molar refractivity (Wildman–Crippen MR) is 81.1 cm³/mol. The minimum atomic E-state index is -0.238. The van der Waals surface area contributed by atoms with Crippen molar-refractivity contribution < 1.29 is 14.3 Å². The molecule has 1 aliphatic carbocycles. The van der Waals surface area contributed by atoms with Gasteiger partial charge in [0.1, 0.15) is 5.75 Å². The van der Waals surface area contributed by atoms with E-state index >= 15 is 0 Å². The Morgan fingerprint density at radius 1 is 1.24 bits per heavy atom. The molecule has 0 aromatic heterocycles. The molecule has 1 saturated carbocycles. The normalized spacial score (nSPS) is 20.0. The van der Waals surface area contributed by atoms with E-state index < -0.39 is 0 Å². The van der Waals surface area contributed by atoms with Crippen molar-refractivity contribution in [2.75, 3.05) is 11.9 Å². The van der Waals surface area contributed by atoms with Crippen LogP contribution in [0.2, 0.25) is 0 Å². The van der Waals surface area contributed by atoms with Crippen LogP contribution in [0.3, 0.4) is 0 Å². The lowest BCUT2D eigenvalue weighted by Crippen LogP contribution is -2.32. The Morgan fingerprint density at radius 3 is 2.57 bits per heavy atom. The quantitative estimate of drug-likeness (QED) is 0.844. The first-order valence-electron chi connectivity index (χ1n) is 7.36. The third-order valence-electron chi connectivity index (χ3n) is 3.34. The van der Waals surface area contributed by atoms with Gasteiger partial charge in [0, 0.05) is 6.04 Å². The van der Waals surface area contributed by atoms with Crippen molar-refractivity contribution in [1.82, 2.24) is 5.32 Å². The average Bonchev–Trinajstić information content (AvgIpc) is 3.21. The fourth-order valence-electron chi connectivity index (χ4n) is 2.24. The smallest absolute Gasteiger partial charge is 0.228 e. The van der Waals surface area contributed by atoms with Gasteiger partial charge in [-0.05, 0) is 39.3 Å². The second-order valence-corrected chi connectivity index (χ2v) is 5.53. The molecule has 0 radical (unpaired) electrons. The minimum Gasteiger partial charge on any atom is -0.492 e. The van der Waals surface area contributed by atoms with Gasteiger partial charge in [0.2, 0.25) is 11.8 Å². The summed E-state index contributed by atoms with van der Waals surface area (Å²) in [5.41, 5.74) is 0.652. The van der Waals surface area contributed by atoms with E-state index in [1.165, 1.54) is 0 Å². The van der Waals surface area contributed by atoms with Crippen molar-refractivity contribution in [2.24, 2.45) is 11.8 Å². The lowest BCUT2D eigenvalue weighted by Gasteiger charge is -2.11. The zero-order valence-electron chi connectivity index (χ0n) is 12.7. The van der Waals surface area contributed by atoms with Crippen molar-refractivity contribution in [3.05, 3.63) is 24.3 Å². The summed E-state index contributed by atoms with van der Waals surface area (Å²) in [6, 6.07) is 7.41. The van der Waals surface area contributed by atoms with Gasteiger partial charge in [0.15, 0.2) is 0 Å². The Bertz CT molecular complexity index is 528. The number of benzene rings is 1. The summed E-state index contributed by atoms with van der Waals surface area (Å²) in [7, 11) is 0. The Morgan fingerprint density at radius 2 is 1.90 bits per heavy atom. The van der Waals surface area contributed by atoms with Crippen LogP contribution in [0.15, 0.2) is 24.3 Å². The molecule has 0 aliphatic heterocycles. The second kappa shape index (κ2) is 6.61. The molecular formula is C16H22N2O3. The molecule has 1 fully saturated rings. The van der Waals surface area contributed by atoms with Crippen LogP contribution >= 0.6 is 0 Å². The standard InChI is InChI=1S/C16H22N2O3/c1-4-21-14-8-6-5-7-13(14)18-16(20)12-9-11(12)15(19)17-10(2)3/h5-8,10-12H,4,9H2,1-3H3,(H,17,19)(H,18,20). The molecule has 5 nitrogen and oxygen atoms in total. The highest BCUT2D eigenvalue weighted by Crippen LogP contribution is 2.40. The van der Waals surface area contributed by atoms with Crippen molar-refractivity contribution >= 4 is 17.5 Å². The fourth-order valence-corrected chi connectivity index (χ4v) is 2.24. The molecule has 0 spiro atoms. The maximum Gasteiger partial charge on any atom is 0.228 e. The van der Waals surface area contributed by atoms with E-state index in [0.29, 0.717) is 24.5 Å². The monoisotopic (exact) mass is 290 g/mol. The summed E-state index contributed by atoms with van der Waals surface area (Å²) >= 11 is 0. The molecular weight excluding hydrogens is 268 g/mol. The molecule has 114 valence electrons. The molecule has 2 unspecified atom stereocenters. The number of nitrogens with one attached hydrogen (secondary N) is 2. The number of anilines is 1. The van der Waals surface area contributed by atoms with E-state index in [1.807, 2.05) is 39.0 Å². The van der Waals surface area contributed by atoms with Gasteiger partial charge in [-0.25, -0.2) is 0 Å². The highest BCUT2D eigenvalue weighted by molar-refractivity contribution is 6.00. The predicted octanol–water partition coefficient (Wildman–Crippen LogP) is 2.18. The highest BCUT2D eigenvalue weighted by atomic mass is 16.5. The van der Waals surface area contributed by atoms with Gasteiger partial charge in [-0.2, -0.15) is 0 Å². The van der Waals surface area contributed by atoms with Crippen LogP contribution in [-0.2, 0) is 9.59 Å². The van der Waals surface area contributed by atoms with E-state index in [-0.39, 0.29) is 29.7 Å². The van der Waals surface area contributed by atoms with Crippen molar-refractivity contribution in [2.45, 2.75) is 33.2 Å². The summed E-state index contributed by atoms with van der Waals surface area (Å²) < 4.78 is 5.47. The Kier molecular flexibility index (Phi) is 4.83. The molecule has 2 atom stereocenters. The number of carbonyl (C=O) groups is 2. The Balaban J connectivity index is 1.93. The molecule has 1 aromatic rings. The van der Waals surface area contributed by atoms with Crippen molar-refractivity contribution in [3.8, 4) is 5.75 Å². The topological polar surface area (TPSA) is 67.4 Å². The molecule has 0 saturated heterocycles. The molecule has 21 heavy (non-hydrogen) atoms. The van der Waals surface area contributed by atoms with Gasteiger partial charge in [-0.3, -0.25) is 9.59 Å². The largest absolute Gasteiger partial charge is 0.492 e. The average molecular weight is 290 g/mol. The molecule has 0 heterocycles. The zero-order valence-corrected chi connectivity index (χ0v) is 12.7. The summed E-state index contributed by atoms with van der Waals surface area (Å²) in [5.74, 6) is 0.0524. The van der Waals surface area contributed by atoms with Crippen LogP contribution in [0.1, 0.15) is 27.2 Å². The van der Waals surface area contributed by atoms with Crippen molar-refractivity contribution in [1.29, 1.82) is 0 Å². The SMILES string of the molecule is CCOc1ccccc1NC(=O)C1CC1C(=O)NC(C)C. The van der Waals surface area contributed by atoms with Crippen LogP contribution in [0, 0.1) is 11.8 Å². The number of hydrogen-bond donors (Lipinski definition) is 2. The molecule has 1 aliphatic rings. The maximum absolute atomic E-state index is 12.2. The second-order valence-electron chi connectivity index (χ2n) is 5.53. The number of para-hydroxylation sites is 2. The summed E-state index contributed by atoms with van der Waals surface area (Å²) in [4.78, 5) is 24.0. The number of amides is 2. The van der Waals surface area contributed by atoms with Gasteiger partial charge in [0.25, 0.3) is 0 Å². The summed E-state index contributed by atoms with van der Waals surface area (Å²) in [6.07, 6.45) is 0.612. The lowest BCUT2D eigenvalue weighted by atomic mass is 10.2. The van der Waals surface area contributed by atoms with Gasteiger partial charge < -0.3 is 15.4 Å². The zero-order chi connectivity index (χ0) is 15.4. The molecule has 2 N–H and O–H groups in total. The molecule has 2 rings (SSSR count). The van der Waals surface area contributed by atoms with E-state index in [4.69, 9.17) is 4.74 Å². The van der Waals surface area contributed by atoms with Gasteiger partial charge >= 0.3 is 0 Å². The maximum atomic E-state index is 12.2. The van der Waals surface area contributed by atoms with Gasteiger partial charge in [-0.15, -0.1) is 0 Å². The fraction of sp³-hybridized carbons (Fsp3) is 0.500. The minimum absolute atomic E-state index is 0.0387. The number of hydrogen-bond acceptors (Lipinski definition) is 3. The van der Waals surface area contributed by atoms with Gasteiger partial charge in [0.05, 0.1) is 24.1 Å². The van der Waals surface area contributed by atoms with Crippen LogP contribution in [0.25, 0.3) is 0 Å². The highest BCUT2D eigenvalue weighted by Gasteiger charge is 2.48. The number of carbonyl (C=O) groups excluding carboxylic acids is 2. The van der Waals surface area contributed by atoms with Crippen LogP contribution < -0.4 is 15.4 Å². The third kappa shape index (κ3) is 3.97. The first kappa shape index (κ1) is 15.4. The van der Waals surface area contributed by atoms with Crippen molar-refractivity contribution in [3.63, 3.8) is 0 Å². The molecule has 5 heteroatoms. The number of rotatable bonds is 6. The van der Waals surface area contributed by atoms with E-state index in [2.05, 4.69) is 10.6 Å². The van der Waals surface area contributed by atoms with Crippen LogP contribution in [-0.4, -0.2) is 24.5 Å². The Labute approximate surface area is 125 Å². The lowest BCUT2D eigenvalue weighted by molar-refractivity contribution is -0.125. The van der Waals surface area contributed by atoms with E-state index in [1.54, 1.807) is 6.07 Å². The number of ether oxygens (including phenoxy) is 1. The first-order valence-corrected chi connectivity index (χ1v) is 7.36. The molecule has 1 aromatic carbocycles. The summed E-state index contributed by atoms with van der Waals surface area (Å²) in [6.45, 7) is 6.25. The van der Waals surface area contributed by atoms with E-state index in [9.17, 15) is 9.59 Å². The third-order valence-corrected chi connectivity index (χ3v) is 3.34. The molecule has 2 amide bonds. The van der Waals surface area contributed by atoms with Crippen LogP contribution in [0.4, 0.5) is 5.69 Å². The van der Waals surface area contributed by atoms with E-state index in [0.717, 1.165) is 0 Å². The Hall–Kier alpha value is -2.04. The van der Waals surface area contributed by atoms with Crippen LogP contribution in [0.5, 0.6) is 5.75 Å². The summed E-state index contributed by atoms with van der Waals surface area (Å²) in [5, 5.41) is 5.69.